The summed E-state index contributed by atoms with van der Waals surface area (Å²) in [5.41, 5.74) is 1.37. The molecule has 1 rings (SSSR count). The maximum atomic E-state index is 4.17. The number of aromatic nitrogens is 2. The Labute approximate surface area is 92.3 Å². The van der Waals surface area contributed by atoms with Crippen LogP contribution in [0.15, 0.2) is 18.6 Å². The molecule has 15 heavy (non-hydrogen) atoms. The van der Waals surface area contributed by atoms with Crippen molar-refractivity contribution in [1.82, 2.24) is 15.3 Å². The second-order valence-electron chi connectivity index (χ2n) is 4.95. The zero-order valence-corrected chi connectivity index (χ0v) is 10.1. The second kappa shape index (κ2) is 5.21. The molecule has 0 aromatic carbocycles. The van der Waals surface area contributed by atoms with Crippen molar-refractivity contribution in [3.63, 3.8) is 0 Å². The van der Waals surface area contributed by atoms with Gasteiger partial charge in [-0.3, -0.25) is 0 Å². The molecule has 0 radical (unpaired) electrons. The van der Waals surface area contributed by atoms with Crippen LogP contribution in [-0.2, 0) is 6.54 Å². The van der Waals surface area contributed by atoms with E-state index in [1.54, 1.807) is 12.5 Å². The summed E-state index contributed by atoms with van der Waals surface area (Å²) in [6.07, 6.45) is 3.36. The first-order chi connectivity index (χ1) is 7.02. The number of hydrogen-bond acceptors (Lipinski definition) is 3. The molecule has 0 saturated carbocycles. The van der Waals surface area contributed by atoms with E-state index >= 15 is 0 Å². The fourth-order valence-corrected chi connectivity index (χ4v) is 1.14. The Morgan fingerprint density at radius 2 is 2.13 bits per heavy atom. The van der Waals surface area contributed by atoms with Crippen LogP contribution in [0.4, 0.5) is 0 Å². The van der Waals surface area contributed by atoms with Crippen LogP contribution in [0.1, 0.15) is 33.4 Å². The monoisotopic (exact) mass is 207 g/mol. The van der Waals surface area contributed by atoms with Gasteiger partial charge in [-0.1, -0.05) is 27.7 Å². The van der Waals surface area contributed by atoms with Gasteiger partial charge in [0.1, 0.15) is 6.33 Å². The summed E-state index contributed by atoms with van der Waals surface area (Å²) in [6.45, 7) is 10.9. The van der Waals surface area contributed by atoms with Gasteiger partial charge in [0.2, 0.25) is 0 Å². The number of nitrogens with one attached hydrogen (secondary N) is 1. The summed E-state index contributed by atoms with van der Waals surface area (Å²) in [4.78, 5) is 8.06. The lowest BCUT2D eigenvalue weighted by Gasteiger charge is -2.29. The molecule has 0 aliphatic carbocycles. The van der Waals surface area contributed by atoms with Crippen LogP contribution in [0.3, 0.4) is 0 Å². The van der Waals surface area contributed by atoms with Gasteiger partial charge < -0.3 is 5.32 Å². The summed E-state index contributed by atoms with van der Waals surface area (Å²) in [5, 5.41) is 3.43. The van der Waals surface area contributed by atoms with Crippen LogP contribution >= 0.6 is 0 Å². The Bertz CT molecular complexity index is 280. The summed E-state index contributed by atoms with van der Waals surface area (Å²) >= 11 is 0. The standard InChI is InChI=1S/C12H21N3/c1-10(2)12(3,4)8-14-7-11-5-6-13-9-15-11/h5-6,9-10,14H,7-8H2,1-4H3. The predicted molar refractivity (Wildman–Crippen MR) is 62.4 cm³/mol. The van der Waals surface area contributed by atoms with Crippen LogP contribution in [0, 0.1) is 11.3 Å². The molecule has 0 atom stereocenters. The minimum absolute atomic E-state index is 0.326. The predicted octanol–water partition coefficient (Wildman–Crippen LogP) is 2.25. The van der Waals surface area contributed by atoms with Crippen molar-refractivity contribution in [2.45, 2.75) is 34.2 Å². The fraction of sp³-hybridized carbons (Fsp3) is 0.667. The third-order valence-corrected chi connectivity index (χ3v) is 3.09. The van der Waals surface area contributed by atoms with Crippen molar-refractivity contribution in [2.75, 3.05) is 6.54 Å². The molecule has 0 fully saturated rings. The van der Waals surface area contributed by atoms with Crippen LogP contribution in [0.2, 0.25) is 0 Å². The highest BCUT2D eigenvalue weighted by Gasteiger charge is 2.21. The highest BCUT2D eigenvalue weighted by molar-refractivity contribution is 4.97. The van der Waals surface area contributed by atoms with E-state index < -0.39 is 0 Å². The first-order valence-corrected chi connectivity index (χ1v) is 5.48. The molecule has 1 aromatic heterocycles. The Morgan fingerprint density at radius 3 is 2.67 bits per heavy atom. The summed E-state index contributed by atoms with van der Waals surface area (Å²) in [7, 11) is 0. The summed E-state index contributed by atoms with van der Waals surface area (Å²) in [5.74, 6) is 0.676. The summed E-state index contributed by atoms with van der Waals surface area (Å²) in [6, 6.07) is 1.94. The Morgan fingerprint density at radius 1 is 1.40 bits per heavy atom. The SMILES string of the molecule is CC(C)C(C)(C)CNCc1ccncn1. The van der Waals surface area contributed by atoms with Gasteiger partial charge >= 0.3 is 0 Å². The lowest BCUT2D eigenvalue weighted by atomic mass is 9.81. The minimum atomic E-state index is 0.326. The van der Waals surface area contributed by atoms with Crippen molar-refractivity contribution in [1.29, 1.82) is 0 Å². The lowest BCUT2D eigenvalue weighted by molar-refractivity contribution is 0.237. The highest BCUT2D eigenvalue weighted by Crippen LogP contribution is 2.24. The molecule has 0 aliphatic rings. The number of rotatable bonds is 5. The third kappa shape index (κ3) is 3.96. The average molecular weight is 207 g/mol. The molecule has 3 heteroatoms. The van der Waals surface area contributed by atoms with E-state index in [0.29, 0.717) is 11.3 Å². The zero-order valence-electron chi connectivity index (χ0n) is 10.1. The van der Waals surface area contributed by atoms with E-state index in [1.165, 1.54) is 0 Å². The number of nitrogens with zero attached hydrogens (tertiary/aromatic N) is 2. The van der Waals surface area contributed by atoms with Crippen molar-refractivity contribution in [3.05, 3.63) is 24.3 Å². The molecule has 0 bridgehead atoms. The van der Waals surface area contributed by atoms with E-state index in [2.05, 4.69) is 43.0 Å². The van der Waals surface area contributed by atoms with Crippen molar-refractivity contribution >= 4 is 0 Å². The molecule has 1 heterocycles. The lowest BCUT2D eigenvalue weighted by Crippen LogP contribution is -2.33. The first kappa shape index (κ1) is 12.1. The molecule has 0 amide bonds. The molecule has 0 aliphatic heterocycles. The van der Waals surface area contributed by atoms with Gasteiger partial charge in [0, 0.05) is 19.3 Å². The second-order valence-corrected chi connectivity index (χ2v) is 4.95. The fourth-order valence-electron chi connectivity index (χ4n) is 1.14. The van der Waals surface area contributed by atoms with Crippen LogP contribution in [0.25, 0.3) is 0 Å². The summed E-state index contributed by atoms with van der Waals surface area (Å²) < 4.78 is 0. The number of hydrogen-bond donors (Lipinski definition) is 1. The third-order valence-electron chi connectivity index (χ3n) is 3.09. The van der Waals surface area contributed by atoms with Gasteiger partial charge in [-0.2, -0.15) is 0 Å². The van der Waals surface area contributed by atoms with Crippen molar-refractivity contribution in [3.8, 4) is 0 Å². The zero-order chi connectivity index (χ0) is 11.3. The van der Waals surface area contributed by atoms with Crippen molar-refractivity contribution < 1.29 is 0 Å². The molecule has 1 N–H and O–H groups in total. The molecule has 0 saturated heterocycles. The van der Waals surface area contributed by atoms with Gasteiger partial charge in [-0.15, -0.1) is 0 Å². The van der Waals surface area contributed by atoms with Crippen LogP contribution in [0.5, 0.6) is 0 Å². The highest BCUT2D eigenvalue weighted by atomic mass is 14.9. The molecular weight excluding hydrogens is 186 g/mol. The average Bonchev–Trinajstić information content (AvgIpc) is 2.19. The van der Waals surface area contributed by atoms with Gasteiger partial charge in [0.25, 0.3) is 0 Å². The molecule has 3 nitrogen and oxygen atoms in total. The van der Waals surface area contributed by atoms with Gasteiger partial charge in [0.05, 0.1) is 5.69 Å². The normalized spacial score (nSPS) is 12.1. The quantitative estimate of drug-likeness (QED) is 0.804. The maximum Gasteiger partial charge on any atom is 0.115 e. The van der Waals surface area contributed by atoms with E-state index in [9.17, 15) is 0 Å². The van der Waals surface area contributed by atoms with E-state index in [4.69, 9.17) is 0 Å². The van der Waals surface area contributed by atoms with E-state index in [-0.39, 0.29) is 0 Å². The molecule has 0 spiro atoms. The van der Waals surface area contributed by atoms with E-state index in [0.717, 1.165) is 18.8 Å². The van der Waals surface area contributed by atoms with Gasteiger partial charge in [-0.25, -0.2) is 9.97 Å². The van der Waals surface area contributed by atoms with Crippen molar-refractivity contribution in [2.24, 2.45) is 11.3 Å². The van der Waals surface area contributed by atoms with E-state index in [1.807, 2.05) is 6.07 Å². The van der Waals surface area contributed by atoms with Crippen LogP contribution in [-0.4, -0.2) is 16.5 Å². The van der Waals surface area contributed by atoms with Crippen LogP contribution < -0.4 is 5.32 Å². The largest absolute Gasteiger partial charge is 0.311 e. The molecule has 0 unspecified atom stereocenters. The Hall–Kier alpha value is -0.960. The minimum Gasteiger partial charge on any atom is -0.311 e. The topological polar surface area (TPSA) is 37.8 Å². The molecular formula is C12H21N3. The Balaban J connectivity index is 2.34. The van der Waals surface area contributed by atoms with Gasteiger partial charge in [-0.05, 0) is 17.4 Å². The Kier molecular flexibility index (Phi) is 4.21. The molecule has 84 valence electrons. The van der Waals surface area contributed by atoms with Gasteiger partial charge in [0.15, 0.2) is 0 Å². The molecule has 1 aromatic rings. The smallest absolute Gasteiger partial charge is 0.115 e. The maximum absolute atomic E-state index is 4.17. The first-order valence-electron chi connectivity index (χ1n) is 5.48.